The second-order valence-electron chi connectivity index (χ2n) is 4.13. The fraction of sp³-hybridized carbons (Fsp3) is 0.143. The number of halogens is 2. The number of hydrogen-bond donors (Lipinski definition) is 0. The molecule has 2 aromatic rings. The summed E-state index contributed by atoms with van der Waals surface area (Å²) in [6.07, 6.45) is 1.42. The van der Waals surface area contributed by atoms with Gasteiger partial charge in [0.05, 0.1) is 10.0 Å². The molecule has 0 amide bonds. The van der Waals surface area contributed by atoms with Crippen LogP contribution in [0.2, 0.25) is 10.0 Å². The van der Waals surface area contributed by atoms with E-state index in [1.807, 2.05) is 32.0 Å². The van der Waals surface area contributed by atoms with E-state index in [2.05, 4.69) is 4.98 Å². The highest BCUT2D eigenvalue weighted by Gasteiger charge is 2.16. The van der Waals surface area contributed by atoms with Gasteiger partial charge in [-0.1, -0.05) is 40.9 Å². The standard InChI is InChI=1S/C14H11Cl2NO/c1-8-3-4-9(2)11(5-8)14(18)13-12(16)6-10(15)7-17-13/h3-7H,1-2H3. The monoisotopic (exact) mass is 279 g/mol. The quantitative estimate of drug-likeness (QED) is 0.770. The van der Waals surface area contributed by atoms with Crippen LogP contribution >= 0.6 is 23.2 Å². The number of carbonyl (C=O) groups is 1. The van der Waals surface area contributed by atoms with Crippen molar-refractivity contribution in [3.05, 3.63) is 62.9 Å². The Morgan fingerprint density at radius 1 is 1.17 bits per heavy atom. The Morgan fingerprint density at radius 2 is 1.89 bits per heavy atom. The molecule has 18 heavy (non-hydrogen) atoms. The fourth-order valence-electron chi connectivity index (χ4n) is 1.69. The molecule has 0 radical (unpaired) electrons. The van der Waals surface area contributed by atoms with Crippen LogP contribution < -0.4 is 0 Å². The third-order valence-electron chi connectivity index (χ3n) is 2.66. The number of benzene rings is 1. The molecule has 0 bridgehead atoms. The van der Waals surface area contributed by atoms with Crippen molar-refractivity contribution in [2.45, 2.75) is 13.8 Å². The lowest BCUT2D eigenvalue weighted by Crippen LogP contribution is -2.07. The summed E-state index contributed by atoms with van der Waals surface area (Å²) in [4.78, 5) is 16.4. The molecule has 0 unspecified atom stereocenters. The Kier molecular flexibility index (Phi) is 3.69. The van der Waals surface area contributed by atoms with Crippen molar-refractivity contribution in [3.63, 3.8) is 0 Å². The van der Waals surface area contributed by atoms with Crippen LogP contribution in [0.25, 0.3) is 0 Å². The van der Waals surface area contributed by atoms with E-state index >= 15 is 0 Å². The van der Waals surface area contributed by atoms with Crippen LogP contribution in [0.15, 0.2) is 30.5 Å². The van der Waals surface area contributed by atoms with Crippen LogP contribution in [-0.4, -0.2) is 10.8 Å². The van der Waals surface area contributed by atoms with Gasteiger partial charge in [0.15, 0.2) is 0 Å². The summed E-state index contributed by atoms with van der Waals surface area (Å²) in [7, 11) is 0. The first-order chi connectivity index (χ1) is 8.49. The smallest absolute Gasteiger partial charge is 0.213 e. The molecule has 1 aromatic heterocycles. The minimum Gasteiger partial charge on any atom is -0.287 e. The Balaban J connectivity index is 2.51. The normalized spacial score (nSPS) is 10.4. The first-order valence-electron chi connectivity index (χ1n) is 5.42. The van der Waals surface area contributed by atoms with E-state index in [4.69, 9.17) is 23.2 Å². The first-order valence-corrected chi connectivity index (χ1v) is 6.17. The maximum atomic E-state index is 12.4. The van der Waals surface area contributed by atoms with E-state index < -0.39 is 0 Å². The molecule has 0 saturated carbocycles. The van der Waals surface area contributed by atoms with Gasteiger partial charge in [0.2, 0.25) is 5.78 Å². The average Bonchev–Trinajstić information content (AvgIpc) is 2.31. The molecular formula is C14H11Cl2NO. The largest absolute Gasteiger partial charge is 0.287 e. The van der Waals surface area contributed by atoms with Crippen LogP contribution in [0.3, 0.4) is 0 Å². The number of rotatable bonds is 2. The summed E-state index contributed by atoms with van der Waals surface area (Å²) < 4.78 is 0. The van der Waals surface area contributed by atoms with Gasteiger partial charge < -0.3 is 0 Å². The van der Waals surface area contributed by atoms with E-state index in [1.165, 1.54) is 12.3 Å². The van der Waals surface area contributed by atoms with E-state index in [9.17, 15) is 4.79 Å². The first kappa shape index (κ1) is 13.1. The van der Waals surface area contributed by atoms with Crippen LogP contribution in [0.5, 0.6) is 0 Å². The molecule has 0 N–H and O–H groups in total. The highest BCUT2D eigenvalue weighted by atomic mass is 35.5. The maximum Gasteiger partial charge on any atom is 0.213 e. The number of hydrogen-bond acceptors (Lipinski definition) is 2. The van der Waals surface area contributed by atoms with Crippen molar-refractivity contribution < 1.29 is 4.79 Å². The lowest BCUT2D eigenvalue weighted by molar-refractivity contribution is 0.103. The van der Waals surface area contributed by atoms with Gasteiger partial charge in [-0.3, -0.25) is 4.79 Å². The number of ketones is 1. The molecule has 0 aliphatic heterocycles. The lowest BCUT2D eigenvalue weighted by Gasteiger charge is -2.07. The molecular weight excluding hydrogens is 269 g/mol. The molecule has 0 saturated heterocycles. The SMILES string of the molecule is Cc1ccc(C)c(C(=O)c2ncc(Cl)cc2Cl)c1. The molecule has 1 aromatic carbocycles. The Labute approximate surface area is 116 Å². The van der Waals surface area contributed by atoms with Crippen molar-refractivity contribution in [2.75, 3.05) is 0 Å². The summed E-state index contributed by atoms with van der Waals surface area (Å²) in [6, 6.07) is 7.23. The van der Waals surface area contributed by atoms with Crippen molar-refractivity contribution >= 4 is 29.0 Å². The lowest BCUT2D eigenvalue weighted by atomic mass is 10.00. The number of nitrogens with zero attached hydrogens (tertiary/aromatic N) is 1. The van der Waals surface area contributed by atoms with Gasteiger partial charge in [0, 0.05) is 11.8 Å². The van der Waals surface area contributed by atoms with Crippen LogP contribution in [0.1, 0.15) is 27.2 Å². The molecule has 0 aliphatic rings. The summed E-state index contributed by atoms with van der Waals surface area (Å²) >= 11 is 11.8. The van der Waals surface area contributed by atoms with Crippen molar-refractivity contribution in [1.29, 1.82) is 0 Å². The van der Waals surface area contributed by atoms with E-state index in [1.54, 1.807) is 0 Å². The molecule has 0 aliphatic carbocycles. The van der Waals surface area contributed by atoms with Gasteiger partial charge in [-0.05, 0) is 31.5 Å². The zero-order chi connectivity index (χ0) is 13.3. The second kappa shape index (κ2) is 5.09. The molecule has 4 heteroatoms. The minimum atomic E-state index is -0.183. The summed E-state index contributed by atoms with van der Waals surface area (Å²) in [6.45, 7) is 3.82. The van der Waals surface area contributed by atoms with E-state index in [0.717, 1.165) is 11.1 Å². The zero-order valence-corrected chi connectivity index (χ0v) is 11.5. The Hall–Kier alpha value is -1.38. The topological polar surface area (TPSA) is 30.0 Å². The average molecular weight is 280 g/mol. The summed E-state index contributed by atoms with van der Waals surface area (Å²) in [5.41, 5.74) is 2.77. The number of pyridine rings is 1. The summed E-state index contributed by atoms with van der Waals surface area (Å²) in [5, 5.41) is 0.686. The number of aromatic nitrogens is 1. The Bertz CT molecular complexity index is 623. The highest BCUT2D eigenvalue weighted by molar-refractivity contribution is 6.37. The summed E-state index contributed by atoms with van der Waals surface area (Å²) in [5.74, 6) is -0.183. The van der Waals surface area contributed by atoms with Crippen LogP contribution in [0, 0.1) is 13.8 Å². The van der Waals surface area contributed by atoms with Gasteiger partial charge in [-0.25, -0.2) is 4.98 Å². The van der Waals surface area contributed by atoms with E-state index in [-0.39, 0.29) is 16.5 Å². The van der Waals surface area contributed by atoms with Crippen LogP contribution in [0.4, 0.5) is 0 Å². The molecule has 2 rings (SSSR count). The molecule has 1 heterocycles. The fourth-order valence-corrected chi connectivity index (χ4v) is 2.16. The predicted molar refractivity (Wildman–Crippen MR) is 73.6 cm³/mol. The Morgan fingerprint density at radius 3 is 2.56 bits per heavy atom. The number of carbonyl (C=O) groups excluding carboxylic acids is 1. The van der Waals surface area contributed by atoms with Crippen molar-refractivity contribution in [2.24, 2.45) is 0 Å². The minimum absolute atomic E-state index is 0.183. The third-order valence-corrected chi connectivity index (χ3v) is 3.16. The zero-order valence-electron chi connectivity index (χ0n) is 10.00. The molecule has 0 fully saturated rings. The van der Waals surface area contributed by atoms with Gasteiger partial charge in [0.25, 0.3) is 0 Å². The molecule has 92 valence electrons. The van der Waals surface area contributed by atoms with Crippen LogP contribution in [-0.2, 0) is 0 Å². The van der Waals surface area contributed by atoms with Crippen molar-refractivity contribution in [1.82, 2.24) is 4.98 Å². The molecule has 2 nitrogen and oxygen atoms in total. The van der Waals surface area contributed by atoms with Gasteiger partial charge >= 0.3 is 0 Å². The highest BCUT2D eigenvalue weighted by Crippen LogP contribution is 2.22. The third kappa shape index (κ3) is 2.55. The molecule has 0 atom stereocenters. The molecule has 0 spiro atoms. The van der Waals surface area contributed by atoms with Gasteiger partial charge in [-0.2, -0.15) is 0 Å². The predicted octanol–water partition coefficient (Wildman–Crippen LogP) is 4.24. The number of aryl methyl sites for hydroxylation is 2. The maximum absolute atomic E-state index is 12.4. The van der Waals surface area contributed by atoms with Crippen molar-refractivity contribution in [3.8, 4) is 0 Å². The van der Waals surface area contributed by atoms with E-state index in [0.29, 0.717) is 10.6 Å². The van der Waals surface area contributed by atoms with Gasteiger partial charge in [0.1, 0.15) is 5.69 Å². The second-order valence-corrected chi connectivity index (χ2v) is 4.98. The van der Waals surface area contributed by atoms with Gasteiger partial charge in [-0.15, -0.1) is 0 Å².